The summed E-state index contributed by atoms with van der Waals surface area (Å²) >= 11 is 0. The summed E-state index contributed by atoms with van der Waals surface area (Å²) in [7, 11) is 0. The van der Waals surface area contributed by atoms with E-state index in [1.54, 1.807) is 0 Å². The summed E-state index contributed by atoms with van der Waals surface area (Å²) in [6.45, 7) is 6.55. The number of benzene rings is 2. The maximum absolute atomic E-state index is 15.7. The maximum Gasteiger partial charge on any atom is 0.320 e. The fraction of sp³-hybridized carbons (Fsp3) is 0.321. The predicted octanol–water partition coefficient (Wildman–Crippen LogP) is 5.55. The largest absolute Gasteiger partial charge is 0.480 e. The van der Waals surface area contributed by atoms with Crippen LogP contribution in [0.25, 0.3) is 10.9 Å². The van der Waals surface area contributed by atoms with Crippen LogP contribution in [0, 0.1) is 29.4 Å². The van der Waals surface area contributed by atoms with Gasteiger partial charge in [-0.3, -0.25) is 9.69 Å². The van der Waals surface area contributed by atoms with E-state index in [2.05, 4.69) is 35.2 Å². The molecule has 4 nitrogen and oxygen atoms in total. The molecule has 0 saturated carbocycles. The number of nitrogens with one attached hydrogen (secondary N) is 1. The zero-order chi connectivity index (χ0) is 24.0. The number of halogens is 2. The van der Waals surface area contributed by atoms with E-state index >= 15 is 8.78 Å². The zero-order valence-electron chi connectivity index (χ0n) is 18.9. The van der Waals surface area contributed by atoms with Gasteiger partial charge in [0.2, 0.25) is 0 Å². The van der Waals surface area contributed by atoms with Gasteiger partial charge < -0.3 is 10.1 Å². The van der Waals surface area contributed by atoms with Crippen molar-refractivity contribution in [2.45, 2.75) is 44.2 Å². The molecule has 2 aromatic carbocycles. The minimum atomic E-state index is -1.08. The normalized spacial score (nSPS) is 23.6. The Kier molecular flexibility index (Phi) is 5.75. The van der Waals surface area contributed by atoms with Gasteiger partial charge in [-0.2, -0.15) is 0 Å². The second-order valence-corrected chi connectivity index (χ2v) is 9.03. The van der Waals surface area contributed by atoms with Crippen molar-refractivity contribution < 1.29 is 18.7 Å². The third-order valence-electron chi connectivity index (χ3n) is 7.15. The van der Waals surface area contributed by atoms with E-state index in [0.29, 0.717) is 13.0 Å². The summed E-state index contributed by atoms with van der Waals surface area (Å²) in [6, 6.07) is 9.96. The fourth-order valence-electron chi connectivity index (χ4n) is 5.42. The number of hydrogen-bond donors (Lipinski definition) is 2. The Morgan fingerprint density at radius 3 is 2.62 bits per heavy atom. The molecular formula is C28H26F2N2O2. The van der Waals surface area contributed by atoms with Gasteiger partial charge in [0.05, 0.1) is 12.0 Å². The molecule has 3 aromatic rings. The third-order valence-corrected chi connectivity index (χ3v) is 7.15. The Morgan fingerprint density at radius 1 is 1.26 bits per heavy atom. The first-order valence-electron chi connectivity index (χ1n) is 11.6. The molecule has 4 atom stereocenters. The van der Waals surface area contributed by atoms with E-state index in [9.17, 15) is 9.90 Å². The van der Waals surface area contributed by atoms with Crippen LogP contribution in [0.5, 0.6) is 0 Å². The van der Waals surface area contributed by atoms with Gasteiger partial charge in [-0.1, -0.05) is 43.0 Å². The molecule has 2 heterocycles. The van der Waals surface area contributed by atoms with Gasteiger partial charge in [-0.05, 0) is 48.6 Å². The number of aromatic nitrogens is 1. The van der Waals surface area contributed by atoms with Crippen molar-refractivity contribution >= 4 is 16.9 Å². The van der Waals surface area contributed by atoms with E-state index in [1.807, 2.05) is 30.3 Å². The number of fused-ring (bicyclic) bond motifs is 3. The standard InChI is InChI=1S/C28H26F2N2O2/c1-3-5-12-32-17(4-2)15-21-19-8-6-7-9-24(19)31-26(21)27(32)25-22(29)13-16(14-23(25)30)18-10-11-20(18)28(33)34/h3,6-9,13-14,17-18,20,27,31H,1,4-5,12,15H2,2H3,(H,33,34)/t17-,18?,20?,27-/m0/s1. The highest BCUT2D eigenvalue weighted by atomic mass is 19.1. The van der Waals surface area contributed by atoms with Crippen molar-refractivity contribution in [2.24, 2.45) is 5.92 Å². The molecule has 0 bridgehead atoms. The lowest BCUT2D eigenvalue weighted by molar-refractivity contribution is -0.140. The molecule has 0 saturated heterocycles. The molecule has 0 spiro atoms. The highest BCUT2D eigenvalue weighted by Gasteiger charge is 2.40. The monoisotopic (exact) mass is 460 g/mol. The van der Waals surface area contributed by atoms with Gasteiger partial charge in [0.1, 0.15) is 17.6 Å². The molecule has 0 radical (unpaired) electrons. The SMILES string of the molecule is C=CCCN1[C@@H](CC)Cc2c([nH]c3ccccc23)[C@@H]1c1c(F)cc(C2C#CC2C(=O)O)cc1F. The molecular weight excluding hydrogens is 434 g/mol. The predicted molar refractivity (Wildman–Crippen MR) is 127 cm³/mol. The number of carboxylic acid groups (broad SMARTS) is 1. The summed E-state index contributed by atoms with van der Waals surface area (Å²) in [5, 5.41) is 10.4. The number of nitrogens with zero attached hydrogens (tertiary/aromatic N) is 1. The average molecular weight is 461 g/mol. The average Bonchev–Trinajstić information content (AvgIpc) is 3.14. The zero-order valence-corrected chi connectivity index (χ0v) is 18.9. The Labute approximate surface area is 197 Å². The highest BCUT2D eigenvalue weighted by Crippen LogP contribution is 2.44. The van der Waals surface area contributed by atoms with E-state index in [1.165, 1.54) is 12.1 Å². The smallest absolute Gasteiger partial charge is 0.320 e. The van der Waals surface area contributed by atoms with E-state index in [4.69, 9.17) is 0 Å². The summed E-state index contributed by atoms with van der Waals surface area (Å²) in [4.78, 5) is 17.0. The number of rotatable bonds is 7. The van der Waals surface area contributed by atoms with Crippen LogP contribution in [0.4, 0.5) is 8.78 Å². The second-order valence-electron chi connectivity index (χ2n) is 9.03. The minimum absolute atomic E-state index is 0.0158. The fourth-order valence-corrected chi connectivity index (χ4v) is 5.42. The number of carbonyl (C=O) groups is 1. The van der Waals surface area contributed by atoms with Crippen LogP contribution in [0.1, 0.15) is 54.1 Å². The van der Waals surface area contributed by atoms with Crippen molar-refractivity contribution in [3.8, 4) is 11.8 Å². The van der Waals surface area contributed by atoms with Gasteiger partial charge in [0.15, 0.2) is 0 Å². The van der Waals surface area contributed by atoms with E-state index in [0.717, 1.165) is 35.0 Å². The molecule has 34 heavy (non-hydrogen) atoms. The van der Waals surface area contributed by atoms with Crippen LogP contribution in [0.3, 0.4) is 0 Å². The molecule has 2 N–H and O–H groups in total. The third kappa shape index (κ3) is 3.52. The Bertz CT molecular complexity index is 1330. The molecule has 1 aliphatic heterocycles. The molecule has 2 unspecified atom stereocenters. The number of carboxylic acids is 1. The Morgan fingerprint density at radius 2 is 2.00 bits per heavy atom. The Balaban J connectivity index is 1.66. The molecule has 0 amide bonds. The summed E-state index contributed by atoms with van der Waals surface area (Å²) < 4.78 is 31.4. The van der Waals surface area contributed by atoms with Crippen molar-refractivity contribution in [1.29, 1.82) is 0 Å². The minimum Gasteiger partial charge on any atom is -0.480 e. The maximum atomic E-state index is 15.7. The first-order chi connectivity index (χ1) is 16.4. The quantitative estimate of drug-likeness (QED) is 0.359. The van der Waals surface area contributed by atoms with Crippen molar-refractivity contribution in [3.05, 3.63) is 83.1 Å². The van der Waals surface area contributed by atoms with Crippen LogP contribution in [0.2, 0.25) is 0 Å². The van der Waals surface area contributed by atoms with Crippen LogP contribution in [-0.4, -0.2) is 33.5 Å². The van der Waals surface area contributed by atoms with Gasteiger partial charge in [-0.15, -0.1) is 6.58 Å². The topological polar surface area (TPSA) is 56.3 Å². The van der Waals surface area contributed by atoms with E-state index < -0.39 is 35.5 Å². The number of para-hydroxylation sites is 1. The number of H-pyrrole nitrogens is 1. The van der Waals surface area contributed by atoms with Gasteiger partial charge >= 0.3 is 5.97 Å². The molecule has 1 aliphatic carbocycles. The summed E-state index contributed by atoms with van der Waals surface area (Å²) in [5.41, 5.74) is 3.11. The number of aromatic amines is 1. The van der Waals surface area contributed by atoms with Crippen LogP contribution in [-0.2, 0) is 11.2 Å². The van der Waals surface area contributed by atoms with Crippen LogP contribution < -0.4 is 0 Å². The van der Waals surface area contributed by atoms with Crippen molar-refractivity contribution in [3.63, 3.8) is 0 Å². The number of aliphatic carboxylic acids is 1. The molecule has 174 valence electrons. The lowest BCUT2D eigenvalue weighted by Crippen LogP contribution is -2.45. The summed E-state index contributed by atoms with van der Waals surface area (Å²) in [6.07, 6.45) is 4.15. The second kappa shape index (κ2) is 8.73. The lowest BCUT2D eigenvalue weighted by atomic mass is 9.79. The van der Waals surface area contributed by atoms with Gasteiger partial charge in [0.25, 0.3) is 0 Å². The first kappa shape index (κ1) is 22.4. The van der Waals surface area contributed by atoms with Crippen LogP contribution in [0.15, 0.2) is 49.1 Å². The molecule has 0 fully saturated rings. The molecule has 6 heteroatoms. The Hall–Kier alpha value is -3.43. The highest BCUT2D eigenvalue weighted by molar-refractivity contribution is 5.85. The summed E-state index contributed by atoms with van der Waals surface area (Å²) in [5.74, 6) is 1.23. The van der Waals surface area contributed by atoms with Gasteiger partial charge in [0, 0.05) is 34.7 Å². The van der Waals surface area contributed by atoms with Gasteiger partial charge in [-0.25, -0.2) is 8.78 Å². The van der Waals surface area contributed by atoms with Crippen molar-refractivity contribution in [2.75, 3.05) is 6.54 Å². The molecule has 5 rings (SSSR count). The van der Waals surface area contributed by atoms with E-state index in [-0.39, 0.29) is 17.2 Å². The lowest BCUT2D eigenvalue weighted by Gasteiger charge is -2.42. The first-order valence-corrected chi connectivity index (χ1v) is 11.6. The number of hydrogen-bond acceptors (Lipinski definition) is 2. The van der Waals surface area contributed by atoms with Crippen molar-refractivity contribution in [1.82, 2.24) is 9.88 Å². The molecule has 2 aliphatic rings. The molecule has 1 aromatic heterocycles. The van der Waals surface area contributed by atoms with Crippen LogP contribution >= 0.6 is 0 Å².